The first kappa shape index (κ1) is 14.9. The Morgan fingerprint density at radius 1 is 1.57 bits per heavy atom. The van der Waals surface area contributed by atoms with E-state index >= 15 is 0 Å². The minimum atomic E-state index is 0.0824. The molecule has 0 N–H and O–H groups in total. The first-order chi connectivity index (χ1) is 10.2. The van der Waals surface area contributed by atoms with Crippen molar-refractivity contribution in [2.45, 2.75) is 32.3 Å². The summed E-state index contributed by atoms with van der Waals surface area (Å²) in [6, 6.07) is 0. The van der Waals surface area contributed by atoms with Crippen LogP contribution in [-0.2, 0) is 9.47 Å². The number of hydrogen-bond acceptors (Lipinski definition) is 6. The van der Waals surface area contributed by atoms with Crippen LogP contribution in [-0.4, -0.2) is 49.2 Å². The number of rotatable bonds is 5. The molecule has 1 aromatic rings. The number of aromatic nitrogens is 2. The molecule has 5 nitrogen and oxygen atoms in total. The lowest BCUT2D eigenvalue weighted by Crippen LogP contribution is -2.57. The highest BCUT2D eigenvalue weighted by molar-refractivity contribution is 7.15. The minimum absolute atomic E-state index is 0.0824. The maximum Gasteiger partial charge on any atom is 0.208 e. The maximum absolute atomic E-state index is 6.04. The van der Waals surface area contributed by atoms with Crippen LogP contribution in [0.5, 0.6) is 0 Å². The molecule has 3 heterocycles. The molecule has 0 aliphatic carbocycles. The second-order valence-electron chi connectivity index (χ2n) is 5.94. The Bertz CT molecular complexity index is 493. The van der Waals surface area contributed by atoms with Gasteiger partial charge in [0.15, 0.2) is 0 Å². The van der Waals surface area contributed by atoms with Crippen LogP contribution in [0.3, 0.4) is 0 Å². The monoisotopic (exact) mass is 309 g/mol. The molecule has 1 aromatic heterocycles. The molecule has 21 heavy (non-hydrogen) atoms. The van der Waals surface area contributed by atoms with Crippen molar-refractivity contribution in [2.75, 3.05) is 37.8 Å². The van der Waals surface area contributed by atoms with E-state index in [-0.39, 0.29) is 5.41 Å². The number of aryl methyl sites for hydroxylation is 1. The van der Waals surface area contributed by atoms with Crippen LogP contribution < -0.4 is 4.90 Å². The Morgan fingerprint density at radius 3 is 3.24 bits per heavy atom. The highest BCUT2D eigenvalue weighted by atomic mass is 32.1. The van der Waals surface area contributed by atoms with Gasteiger partial charge in [0.25, 0.3) is 0 Å². The number of hydrogen-bond donors (Lipinski definition) is 0. The molecular weight excluding hydrogens is 286 g/mol. The summed E-state index contributed by atoms with van der Waals surface area (Å²) >= 11 is 1.67. The predicted octanol–water partition coefficient (Wildman–Crippen LogP) is 2.42. The van der Waals surface area contributed by atoms with Gasteiger partial charge < -0.3 is 14.4 Å². The molecule has 3 rings (SSSR count). The van der Waals surface area contributed by atoms with Gasteiger partial charge in [0.05, 0.1) is 19.3 Å². The second kappa shape index (κ2) is 6.42. The largest absolute Gasteiger partial charge is 0.377 e. The van der Waals surface area contributed by atoms with Crippen molar-refractivity contribution in [1.29, 1.82) is 0 Å². The first-order valence-corrected chi connectivity index (χ1v) is 8.40. The number of ether oxygens (including phenoxy) is 2. The summed E-state index contributed by atoms with van der Waals surface area (Å²) in [5.74, 6) is 0. The number of anilines is 1. The van der Waals surface area contributed by atoms with E-state index in [1.54, 1.807) is 11.3 Å². The van der Waals surface area contributed by atoms with Crippen molar-refractivity contribution in [3.05, 3.63) is 17.7 Å². The predicted molar refractivity (Wildman–Crippen MR) is 83.9 cm³/mol. The zero-order valence-corrected chi connectivity index (χ0v) is 13.4. The molecule has 116 valence electrons. The van der Waals surface area contributed by atoms with Crippen LogP contribution in [0.25, 0.3) is 0 Å². The van der Waals surface area contributed by atoms with Gasteiger partial charge in [-0.1, -0.05) is 17.4 Å². The SMILES string of the molecule is C=CCOC[C@@]12CCCO[C@@H]1CCN(c1nnc(C)s1)C2. The summed E-state index contributed by atoms with van der Waals surface area (Å²) < 4.78 is 11.9. The second-order valence-corrected chi connectivity index (χ2v) is 7.10. The molecule has 0 amide bonds. The molecule has 0 spiro atoms. The standard InChI is InChI=1S/C15H23N3O2S/c1-3-8-19-11-15-6-4-9-20-13(15)5-7-18(10-15)14-17-16-12(2)21-14/h3,13H,1,4-11H2,2H3/t13-,15+/m1/s1. The lowest BCUT2D eigenvalue weighted by Gasteiger charge is -2.50. The molecule has 2 atom stereocenters. The van der Waals surface area contributed by atoms with Gasteiger partial charge in [-0.3, -0.25) is 0 Å². The average molecular weight is 309 g/mol. The van der Waals surface area contributed by atoms with Gasteiger partial charge in [-0.2, -0.15) is 0 Å². The van der Waals surface area contributed by atoms with E-state index in [0.717, 1.165) is 55.7 Å². The summed E-state index contributed by atoms with van der Waals surface area (Å²) in [6.07, 6.45) is 5.42. The first-order valence-electron chi connectivity index (χ1n) is 7.59. The van der Waals surface area contributed by atoms with E-state index in [1.165, 1.54) is 0 Å². The Hall–Kier alpha value is -0.980. The van der Waals surface area contributed by atoms with Crippen LogP contribution in [0, 0.1) is 12.3 Å². The van der Waals surface area contributed by atoms with Gasteiger partial charge in [-0.25, -0.2) is 0 Å². The van der Waals surface area contributed by atoms with Crippen molar-refractivity contribution in [2.24, 2.45) is 5.41 Å². The number of nitrogens with zero attached hydrogens (tertiary/aromatic N) is 3. The summed E-state index contributed by atoms with van der Waals surface area (Å²) in [4.78, 5) is 2.35. The van der Waals surface area contributed by atoms with Crippen molar-refractivity contribution in [1.82, 2.24) is 10.2 Å². The van der Waals surface area contributed by atoms with E-state index in [4.69, 9.17) is 9.47 Å². The summed E-state index contributed by atoms with van der Waals surface area (Å²) in [5.41, 5.74) is 0.0824. The van der Waals surface area contributed by atoms with Crippen molar-refractivity contribution in [3.63, 3.8) is 0 Å². The molecule has 0 radical (unpaired) electrons. The van der Waals surface area contributed by atoms with Crippen molar-refractivity contribution < 1.29 is 9.47 Å². The van der Waals surface area contributed by atoms with E-state index in [0.29, 0.717) is 12.7 Å². The fourth-order valence-electron chi connectivity index (χ4n) is 3.42. The minimum Gasteiger partial charge on any atom is -0.377 e. The van der Waals surface area contributed by atoms with Gasteiger partial charge in [-0.05, 0) is 26.2 Å². The van der Waals surface area contributed by atoms with Gasteiger partial charge in [0.1, 0.15) is 5.01 Å². The highest BCUT2D eigenvalue weighted by Crippen LogP contribution is 2.42. The zero-order valence-electron chi connectivity index (χ0n) is 12.6. The molecule has 0 saturated carbocycles. The van der Waals surface area contributed by atoms with Crippen LogP contribution in [0.2, 0.25) is 0 Å². The van der Waals surface area contributed by atoms with Crippen LogP contribution >= 0.6 is 11.3 Å². The van der Waals surface area contributed by atoms with Crippen LogP contribution in [0.15, 0.2) is 12.7 Å². The average Bonchev–Trinajstić information content (AvgIpc) is 2.93. The molecule has 2 aliphatic rings. The Labute approximate surface area is 130 Å². The van der Waals surface area contributed by atoms with E-state index in [1.807, 2.05) is 13.0 Å². The smallest absolute Gasteiger partial charge is 0.208 e. The molecule has 2 aliphatic heterocycles. The van der Waals surface area contributed by atoms with Crippen molar-refractivity contribution >= 4 is 16.5 Å². The number of piperidine rings is 1. The lowest BCUT2D eigenvalue weighted by atomic mass is 9.73. The maximum atomic E-state index is 6.04. The summed E-state index contributed by atoms with van der Waals surface area (Å²) in [5, 5.41) is 10.5. The molecule has 0 unspecified atom stereocenters. The van der Waals surface area contributed by atoms with Crippen molar-refractivity contribution in [3.8, 4) is 0 Å². The molecule has 0 aromatic carbocycles. The molecule has 2 saturated heterocycles. The fourth-order valence-corrected chi connectivity index (χ4v) is 4.14. The Morgan fingerprint density at radius 2 is 2.48 bits per heavy atom. The zero-order chi connectivity index (χ0) is 14.7. The molecular formula is C15H23N3O2S. The third kappa shape index (κ3) is 3.12. The van der Waals surface area contributed by atoms with E-state index < -0.39 is 0 Å². The Kier molecular flexibility index (Phi) is 4.57. The number of fused-ring (bicyclic) bond motifs is 1. The third-order valence-electron chi connectivity index (χ3n) is 4.40. The topological polar surface area (TPSA) is 47.5 Å². The molecule has 6 heteroatoms. The molecule has 2 fully saturated rings. The lowest BCUT2D eigenvalue weighted by molar-refractivity contribution is -0.122. The van der Waals surface area contributed by atoms with Crippen LogP contribution in [0.1, 0.15) is 24.3 Å². The van der Waals surface area contributed by atoms with Gasteiger partial charge in [-0.15, -0.1) is 16.8 Å². The van der Waals surface area contributed by atoms with Gasteiger partial charge in [0, 0.05) is 25.1 Å². The Balaban J connectivity index is 1.75. The third-order valence-corrected chi connectivity index (χ3v) is 5.30. The highest BCUT2D eigenvalue weighted by Gasteiger charge is 2.46. The van der Waals surface area contributed by atoms with E-state index in [9.17, 15) is 0 Å². The van der Waals surface area contributed by atoms with Crippen LogP contribution in [0.4, 0.5) is 5.13 Å². The van der Waals surface area contributed by atoms with E-state index in [2.05, 4.69) is 21.7 Å². The summed E-state index contributed by atoms with van der Waals surface area (Å²) in [7, 11) is 0. The van der Waals surface area contributed by atoms with Gasteiger partial charge >= 0.3 is 0 Å². The van der Waals surface area contributed by atoms with Gasteiger partial charge in [0.2, 0.25) is 5.13 Å². The normalized spacial score (nSPS) is 29.2. The quantitative estimate of drug-likeness (QED) is 0.617. The summed E-state index contributed by atoms with van der Waals surface area (Å²) in [6.45, 7) is 9.88. The fraction of sp³-hybridized carbons (Fsp3) is 0.733. The molecule has 0 bridgehead atoms.